The van der Waals surface area contributed by atoms with Gasteiger partial charge in [0, 0.05) is 23.6 Å². The van der Waals surface area contributed by atoms with E-state index in [2.05, 4.69) is 24.8 Å². The Morgan fingerprint density at radius 1 is 1.16 bits per heavy atom. The summed E-state index contributed by atoms with van der Waals surface area (Å²) >= 11 is 0. The summed E-state index contributed by atoms with van der Waals surface area (Å²) in [5.41, 5.74) is 2.50. The van der Waals surface area contributed by atoms with Gasteiger partial charge in [-0.3, -0.25) is 4.90 Å². The Bertz CT molecular complexity index is 796. The van der Waals surface area contributed by atoms with E-state index < -0.39 is 0 Å². The first kappa shape index (κ1) is 17.7. The van der Waals surface area contributed by atoms with Crippen LogP contribution in [0.2, 0.25) is 0 Å². The fourth-order valence-corrected chi connectivity index (χ4v) is 3.27. The van der Waals surface area contributed by atoms with E-state index in [1.807, 2.05) is 18.2 Å². The van der Waals surface area contributed by atoms with Gasteiger partial charge in [0.15, 0.2) is 0 Å². The third-order valence-electron chi connectivity index (χ3n) is 4.68. The van der Waals surface area contributed by atoms with Crippen LogP contribution in [-0.4, -0.2) is 31.1 Å². The van der Waals surface area contributed by atoms with Crippen LogP contribution in [0.15, 0.2) is 45.1 Å². The quantitative estimate of drug-likeness (QED) is 0.584. The molecule has 4 nitrogen and oxygen atoms in total. The highest BCUT2D eigenvalue weighted by Crippen LogP contribution is 2.28. The van der Waals surface area contributed by atoms with Crippen LogP contribution in [0.4, 0.5) is 0 Å². The van der Waals surface area contributed by atoms with Crippen molar-refractivity contribution in [2.75, 3.05) is 26.2 Å². The van der Waals surface area contributed by atoms with Crippen molar-refractivity contribution >= 4 is 11.0 Å². The van der Waals surface area contributed by atoms with Crippen molar-refractivity contribution in [1.82, 2.24) is 4.90 Å². The van der Waals surface area contributed by atoms with E-state index in [-0.39, 0.29) is 5.63 Å². The summed E-state index contributed by atoms with van der Waals surface area (Å²) in [7, 11) is 0. The molecule has 0 radical (unpaired) electrons. The van der Waals surface area contributed by atoms with Crippen LogP contribution in [-0.2, 0) is 6.42 Å². The van der Waals surface area contributed by atoms with Crippen molar-refractivity contribution in [2.45, 2.75) is 39.5 Å². The second kappa shape index (κ2) is 8.34. The third-order valence-corrected chi connectivity index (χ3v) is 4.68. The second-order valence-corrected chi connectivity index (χ2v) is 6.95. The number of hydrogen-bond donors (Lipinski definition) is 0. The number of benzene rings is 1. The minimum Gasteiger partial charge on any atom is -0.492 e. The van der Waals surface area contributed by atoms with Crippen LogP contribution >= 0.6 is 0 Å². The first-order valence-electron chi connectivity index (χ1n) is 9.18. The highest BCUT2D eigenvalue weighted by molar-refractivity contribution is 5.82. The van der Waals surface area contributed by atoms with Crippen LogP contribution in [0, 0.1) is 0 Å². The SMILES string of the molecule is CC(C)=CCc1c(OCCN2CCCCC2)ccc2ccc(=O)oc12. The molecule has 2 aromatic rings. The minimum atomic E-state index is -0.323. The van der Waals surface area contributed by atoms with Gasteiger partial charge >= 0.3 is 5.63 Å². The van der Waals surface area contributed by atoms with Gasteiger partial charge in [-0.15, -0.1) is 0 Å². The number of ether oxygens (including phenoxy) is 1. The molecular formula is C21H27NO3. The van der Waals surface area contributed by atoms with Gasteiger partial charge in [-0.25, -0.2) is 4.79 Å². The zero-order valence-corrected chi connectivity index (χ0v) is 15.2. The molecule has 0 aliphatic carbocycles. The summed E-state index contributed by atoms with van der Waals surface area (Å²) in [5, 5.41) is 0.931. The van der Waals surface area contributed by atoms with Gasteiger partial charge in [-0.05, 0) is 64.4 Å². The largest absolute Gasteiger partial charge is 0.492 e. The molecule has 1 aromatic carbocycles. The molecule has 134 valence electrons. The Kier molecular flexibility index (Phi) is 5.92. The number of rotatable bonds is 6. The number of likely N-dealkylation sites (tertiary alicyclic amines) is 1. The van der Waals surface area contributed by atoms with Crippen molar-refractivity contribution in [3.8, 4) is 5.75 Å². The second-order valence-electron chi connectivity index (χ2n) is 6.95. The molecule has 2 heterocycles. The van der Waals surface area contributed by atoms with E-state index in [1.165, 1.54) is 44.0 Å². The van der Waals surface area contributed by atoms with E-state index in [1.54, 1.807) is 0 Å². The topological polar surface area (TPSA) is 42.7 Å². The third kappa shape index (κ3) is 4.73. The molecule has 0 atom stereocenters. The van der Waals surface area contributed by atoms with Crippen LogP contribution < -0.4 is 10.4 Å². The van der Waals surface area contributed by atoms with Gasteiger partial charge in [0.05, 0.1) is 0 Å². The van der Waals surface area contributed by atoms with Crippen molar-refractivity contribution in [3.63, 3.8) is 0 Å². The van der Waals surface area contributed by atoms with Gasteiger partial charge in [-0.1, -0.05) is 18.1 Å². The van der Waals surface area contributed by atoms with Gasteiger partial charge < -0.3 is 9.15 Å². The van der Waals surface area contributed by atoms with Gasteiger partial charge in [0.1, 0.15) is 17.9 Å². The highest BCUT2D eigenvalue weighted by atomic mass is 16.5. The monoisotopic (exact) mass is 341 g/mol. The van der Waals surface area contributed by atoms with E-state index in [4.69, 9.17) is 9.15 Å². The minimum absolute atomic E-state index is 0.323. The van der Waals surface area contributed by atoms with E-state index in [0.717, 1.165) is 23.2 Å². The molecule has 1 aliphatic rings. The zero-order chi connectivity index (χ0) is 17.6. The lowest BCUT2D eigenvalue weighted by Crippen LogP contribution is -2.33. The molecule has 1 aromatic heterocycles. The number of fused-ring (bicyclic) bond motifs is 1. The molecular weight excluding hydrogens is 314 g/mol. The van der Waals surface area contributed by atoms with Crippen LogP contribution in [0.1, 0.15) is 38.7 Å². The summed E-state index contributed by atoms with van der Waals surface area (Å²) < 4.78 is 11.6. The number of allylic oxidation sites excluding steroid dienone is 2. The molecule has 0 bridgehead atoms. The van der Waals surface area contributed by atoms with Crippen molar-refractivity contribution in [2.24, 2.45) is 0 Å². The van der Waals surface area contributed by atoms with Crippen molar-refractivity contribution in [1.29, 1.82) is 0 Å². The lowest BCUT2D eigenvalue weighted by atomic mass is 10.1. The van der Waals surface area contributed by atoms with Crippen molar-refractivity contribution < 1.29 is 9.15 Å². The standard InChI is InChI=1S/C21H27NO3/c1-16(2)6-9-18-19(24-15-14-22-12-4-3-5-13-22)10-7-17-8-11-20(23)25-21(17)18/h6-8,10-11H,3-5,9,12-15H2,1-2H3. The predicted octanol–water partition coefficient (Wildman–Crippen LogP) is 4.17. The Morgan fingerprint density at radius 2 is 1.92 bits per heavy atom. The highest BCUT2D eigenvalue weighted by Gasteiger charge is 2.13. The average Bonchev–Trinajstić information content (AvgIpc) is 2.61. The molecule has 0 spiro atoms. The maximum atomic E-state index is 11.7. The van der Waals surface area contributed by atoms with Crippen LogP contribution in [0.25, 0.3) is 11.0 Å². The molecule has 3 rings (SSSR count). The Labute approximate surface area is 149 Å². The normalized spacial score (nSPS) is 15.3. The van der Waals surface area contributed by atoms with Crippen LogP contribution in [0.3, 0.4) is 0 Å². The zero-order valence-electron chi connectivity index (χ0n) is 15.2. The molecule has 4 heteroatoms. The smallest absolute Gasteiger partial charge is 0.336 e. The maximum absolute atomic E-state index is 11.7. The van der Waals surface area contributed by atoms with E-state index in [0.29, 0.717) is 18.6 Å². The Hall–Kier alpha value is -2.07. The molecule has 25 heavy (non-hydrogen) atoms. The molecule has 1 saturated heterocycles. The molecule has 1 aliphatic heterocycles. The lowest BCUT2D eigenvalue weighted by Gasteiger charge is -2.26. The van der Waals surface area contributed by atoms with Gasteiger partial charge in [0.25, 0.3) is 0 Å². The summed E-state index contributed by atoms with van der Waals surface area (Å²) in [6.45, 7) is 8.07. The summed E-state index contributed by atoms with van der Waals surface area (Å²) in [4.78, 5) is 14.1. The first-order valence-corrected chi connectivity index (χ1v) is 9.18. The number of nitrogens with zero attached hydrogens (tertiary/aromatic N) is 1. The molecule has 0 N–H and O–H groups in total. The van der Waals surface area contributed by atoms with Gasteiger partial charge in [0.2, 0.25) is 0 Å². The summed E-state index contributed by atoms with van der Waals surface area (Å²) in [6, 6.07) is 7.22. The average molecular weight is 341 g/mol. The summed E-state index contributed by atoms with van der Waals surface area (Å²) in [5.74, 6) is 0.816. The molecule has 0 saturated carbocycles. The van der Waals surface area contributed by atoms with E-state index in [9.17, 15) is 4.79 Å². The Balaban J connectivity index is 1.81. The number of hydrogen-bond acceptors (Lipinski definition) is 4. The molecule has 0 amide bonds. The fourth-order valence-electron chi connectivity index (χ4n) is 3.27. The predicted molar refractivity (Wildman–Crippen MR) is 101 cm³/mol. The summed E-state index contributed by atoms with van der Waals surface area (Å²) in [6.07, 6.45) is 6.75. The number of piperidine rings is 1. The fraction of sp³-hybridized carbons (Fsp3) is 0.476. The molecule has 0 unspecified atom stereocenters. The Morgan fingerprint density at radius 3 is 2.68 bits per heavy atom. The lowest BCUT2D eigenvalue weighted by molar-refractivity contribution is 0.183. The first-order chi connectivity index (χ1) is 12.1. The van der Waals surface area contributed by atoms with Crippen molar-refractivity contribution in [3.05, 3.63) is 51.9 Å². The van der Waals surface area contributed by atoms with Crippen LogP contribution in [0.5, 0.6) is 5.75 Å². The van der Waals surface area contributed by atoms with E-state index >= 15 is 0 Å². The maximum Gasteiger partial charge on any atom is 0.336 e. The molecule has 1 fully saturated rings. The van der Waals surface area contributed by atoms with Gasteiger partial charge in [-0.2, -0.15) is 0 Å².